The van der Waals surface area contributed by atoms with Crippen molar-refractivity contribution in [3.05, 3.63) is 51.9 Å². The molecule has 0 amide bonds. The minimum atomic E-state index is -0.0455. The summed E-state index contributed by atoms with van der Waals surface area (Å²) in [6.45, 7) is 4.10. The molecule has 110 valence electrons. The number of rotatable bonds is 2. The van der Waals surface area contributed by atoms with E-state index in [1.807, 2.05) is 19.1 Å². The van der Waals surface area contributed by atoms with Crippen LogP contribution in [0.2, 0.25) is 10.0 Å². The van der Waals surface area contributed by atoms with Crippen molar-refractivity contribution < 1.29 is 4.74 Å². The van der Waals surface area contributed by atoms with Crippen molar-refractivity contribution in [1.29, 1.82) is 0 Å². The van der Waals surface area contributed by atoms with Gasteiger partial charge in [-0.1, -0.05) is 29.3 Å². The number of hydrogen-bond donors (Lipinski definition) is 0. The lowest BCUT2D eigenvalue weighted by molar-refractivity contribution is 0.0395. The van der Waals surface area contributed by atoms with Crippen LogP contribution in [-0.2, 0) is 4.74 Å². The Morgan fingerprint density at radius 2 is 2.10 bits per heavy atom. The smallest absolute Gasteiger partial charge is 0.147 e. The molecule has 2 aromatic rings. The predicted molar refractivity (Wildman–Crippen MR) is 84.1 cm³/mol. The summed E-state index contributed by atoms with van der Waals surface area (Å²) in [7, 11) is 0. The molecular formula is C15H15Cl2N3O. The van der Waals surface area contributed by atoms with Crippen LogP contribution in [0.3, 0.4) is 0 Å². The Hall–Kier alpha value is -1.36. The van der Waals surface area contributed by atoms with Crippen molar-refractivity contribution in [2.24, 2.45) is 0 Å². The maximum atomic E-state index is 6.08. The average Bonchev–Trinajstić information content (AvgIpc) is 2.50. The number of benzene rings is 1. The van der Waals surface area contributed by atoms with Gasteiger partial charge in [0.15, 0.2) is 0 Å². The zero-order valence-corrected chi connectivity index (χ0v) is 13.1. The Labute approximate surface area is 133 Å². The van der Waals surface area contributed by atoms with E-state index in [0.717, 1.165) is 30.2 Å². The van der Waals surface area contributed by atoms with Gasteiger partial charge in [-0.15, -0.1) is 0 Å². The number of hydrogen-bond acceptors (Lipinski definition) is 4. The van der Waals surface area contributed by atoms with Crippen molar-refractivity contribution in [2.45, 2.75) is 13.0 Å². The Bertz CT molecular complexity index is 651. The lowest BCUT2D eigenvalue weighted by Gasteiger charge is -2.34. The molecule has 2 heterocycles. The van der Waals surface area contributed by atoms with Gasteiger partial charge in [-0.05, 0) is 24.6 Å². The number of ether oxygens (including phenoxy) is 1. The first-order chi connectivity index (χ1) is 10.1. The Balaban J connectivity index is 1.80. The molecule has 4 nitrogen and oxygen atoms in total. The van der Waals surface area contributed by atoms with Crippen LogP contribution in [0.1, 0.15) is 17.4 Å². The molecular weight excluding hydrogens is 309 g/mol. The summed E-state index contributed by atoms with van der Waals surface area (Å²) >= 11 is 12.0. The molecule has 0 spiro atoms. The first-order valence-electron chi connectivity index (χ1n) is 6.73. The largest absolute Gasteiger partial charge is 0.370 e. The first-order valence-corrected chi connectivity index (χ1v) is 7.49. The SMILES string of the molecule is Cc1cncc(N2CCOC(c3ccc(Cl)c(Cl)c3)C2)n1. The predicted octanol–water partition coefficient (Wildman–Crippen LogP) is 3.67. The fraction of sp³-hybridized carbons (Fsp3) is 0.333. The summed E-state index contributed by atoms with van der Waals surface area (Å²) in [6.07, 6.45) is 3.49. The molecule has 0 aliphatic carbocycles. The monoisotopic (exact) mass is 323 g/mol. The second-order valence-electron chi connectivity index (χ2n) is 5.00. The van der Waals surface area contributed by atoms with Crippen LogP contribution in [0.25, 0.3) is 0 Å². The van der Waals surface area contributed by atoms with Gasteiger partial charge in [-0.3, -0.25) is 4.98 Å². The maximum Gasteiger partial charge on any atom is 0.147 e. The second kappa shape index (κ2) is 6.18. The van der Waals surface area contributed by atoms with Gasteiger partial charge >= 0.3 is 0 Å². The fourth-order valence-corrected chi connectivity index (χ4v) is 2.68. The Kier molecular flexibility index (Phi) is 4.29. The zero-order chi connectivity index (χ0) is 14.8. The van der Waals surface area contributed by atoms with E-state index in [4.69, 9.17) is 27.9 Å². The molecule has 6 heteroatoms. The third-order valence-electron chi connectivity index (χ3n) is 3.45. The van der Waals surface area contributed by atoms with Crippen molar-refractivity contribution in [3.8, 4) is 0 Å². The van der Waals surface area contributed by atoms with Crippen LogP contribution in [0.4, 0.5) is 5.82 Å². The van der Waals surface area contributed by atoms with E-state index >= 15 is 0 Å². The van der Waals surface area contributed by atoms with E-state index in [2.05, 4.69) is 14.9 Å². The number of aromatic nitrogens is 2. The molecule has 1 aliphatic heterocycles. The highest BCUT2D eigenvalue weighted by atomic mass is 35.5. The van der Waals surface area contributed by atoms with Crippen molar-refractivity contribution in [2.75, 3.05) is 24.6 Å². The van der Waals surface area contributed by atoms with Crippen LogP contribution in [0.5, 0.6) is 0 Å². The fourth-order valence-electron chi connectivity index (χ4n) is 2.37. The third-order valence-corrected chi connectivity index (χ3v) is 4.19. The van der Waals surface area contributed by atoms with Gasteiger partial charge < -0.3 is 9.64 Å². The molecule has 0 N–H and O–H groups in total. The van der Waals surface area contributed by atoms with Crippen LogP contribution in [0, 0.1) is 6.92 Å². The summed E-state index contributed by atoms with van der Waals surface area (Å²) in [4.78, 5) is 10.9. The second-order valence-corrected chi connectivity index (χ2v) is 5.81. The van der Waals surface area contributed by atoms with Gasteiger partial charge in [0.1, 0.15) is 11.9 Å². The number of morpholine rings is 1. The van der Waals surface area contributed by atoms with E-state index in [1.54, 1.807) is 18.5 Å². The normalized spacial score (nSPS) is 18.8. The van der Waals surface area contributed by atoms with Gasteiger partial charge in [0, 0.05) is 19.3 Å². The van der Waals surface area contributed by atoms with E-state index in [1.165, 1.54) is 0 Å². The summed E-state index contributed by atoms with van der Waals surface area (Å²) in [5, 5.41) is 1.10. The molecule has 0 bridgehead atoms. The highest BCUT2D eigenvalue weighted by Crippen LogP contribution is 2.30. The van der Waals surface area contributed by atoms with E-state index < -0.39 is 0 Å². The van der Waals surface area contributed by atoms with Gasteiger partial charge in [0.2, 0.25) is 0 Å². The zero-order valence-electron chi connectivity index (χ0n) is 11.6. The van der Waals surface area contributed by atoms with Crippen molar-refractivity contribution in [1.82, 2.24) is 9.97 Å². The number of aryl methyl sites for hydroxylation is 1. The number of anilines is 1. The average molecular weight is 324 g/mol. The molecule has 1 aliphatic rings. The summed E-state index contributed by atoms with van der Waals surface area (Å²) in [6, 6.07) is 5.61. The molecule has 1 saturated heterocycles. The quantitative estimate of drug-likeness (QED) is 0.845. The van der Waals surface area contributed by atoms with Gasteiger partial charge in [-0.25, -0.2) is 4.98 Å². The van der Waals surface area contributed by atoms with Gasteiger partial charge in [-0.2, -0.15) is 0 Å². The maximum absolute atomic E-state index is 6.08. The Morgan fingerprint density at radius 3 is 2.86 bits per heavy atom. The molecule has 1 atom stereocenters. The lowest BCUT2D eigenvalue weighted by atomic mass is 10.1. The molecule has 1 fully saturated rings. The molecule has 1 aromatic heterocycles. The van der Waals surface area contributed by atoms with Crippen LogP contribution >= 0.6 is 23.2 Å². The third kappa shape index (κ3) is 3.28. The van der Waals surface area contributed by atoms with E-state index in [0.29, 0.717) is 16.7 Å². The summed E-state index contributed by atoms with van der Waals surface area (Å²) in [5.41, 5.74) is 1.93. The molecule has 3 rings (SSSR count). The molecule has 0 radical (unpaired) electrons. The molecule has 1 aromatic carbocycles. The number of nitrogens with zero attached hydrogens (tertiary/aromatic N) is 3. The molecule has 0 saturated carbocycles. The van der Waals surface area contributed by atoms with Crippen LogP contribution in [0.15, 0.2) is 30.6 Å². The summed E-state index contributed by atoms with van der Waals surface area (Å²) in [5.74, 6) is 0.878. The topological polar surface area (TPSA) is 38.2 Å². The lowest BCUT2D eigenvalue weighted by Crippen LogP contribution is -2.39. The van der Waals surface area contributed by atoms with E-state index in [9.17, 15) is 0 Å². The first kappa shape index (κ1) is 14.6. The van der Waals surface area contributed by atoms with Crippen molar-refractivity contribution >= 4 is 29.0 Å². The minimum absolute atomic E-state index is 0.0455. The van der Waals surface area contributed by atoms with Crippen molar-refractivity contribution in [3.63, 3.8) is 0 Å². The van der Waals surface area contributed by atoms with Gasteiger partial charge in [0.05, 0.1) is 28.5 Å². The highest BCUT2D eigenvalue weighted by Gasteiger charge is 2.23. The Morgan fingerprint density at radius 1 is 1.24 bits per heavy atom. The van der Waals surface area contributed by atoms with Crippen LogP contribution in [-0.4, -0.2) is 29.7 Å². The number of halogens is 2. The standard InChI is InChI=1S/C15H15Cl2N3O/c1-10-7-18-8-15(19-10)20-4-5-21-14(9-20)11-2-3-12(16)13(17)6-11/h2-3,6-8,14H,4-5,9H2,1H3. The summed E-state index contributed by atoms with van der Waals surface area (Å²) < 4.78 is 5.85. The molecule has 1 unspecified atom stereocenters. The van der Waals surface area contributed by atoms with Crippen LogP contribution < -0.4 is 4.90 Å². The highest BCUT2D eigenvalue weighted by molar-refractivity contribution is 6.42. The molecule has 21 heavy (non-hydrogen) atoms. The van der Waals surface area contributed by atoms with Gasteiger partial charge in [0.25, 0.3) is 0 Å². The minimum Gasteiger partial charge on any atom is -0.370 e. The van der Waals surface area contributed by atoms with E-state index in [-0.39, 0.29) is 6.10 Å².